The van der Waals surface area contributed by atoms with Crippen molar-refractivity contribution in [2.24, 2.45) is 20.5 Å². The maximum absolute atomic E-state index is 12.2. The van der Waals surface area contributed by atoms with E-state index < -0.39 is 0 Å². The fraction of sp³-hybridized carbons (Fsp3) is 0. The van der Waals surface area contributed by atoms with E-state index in [9.17, 15) is 10.2 Å². The summed E-state index contributed by atoms with van der Waals surface area (Å²) >= 11 is 0. The largest absolute Gasteiger partial charge is 0.872 e. The van der Waals surface area contributed by atoms with Gasteiger partial charge in [0.15, 0.2) is 11.6 Å². The van der Waals surface area contributed by atoms with Crippen molar-refractivity contribution >= 4 is 44.7 Å². The standard InChI is InChI=1S/C15H11N3O.C14H10N4O/c19-15-12-6-2-1-5-11(12)8-9-13(15)17-18-14-7-3-4-10-16-14;19-12-7-6-11(14-10(12)4-3-9-16-14)17-18-13-5-1-2-8-15-13/h1-10,19H;1-9,19H/p-2. The zero-order valence-corrected chi connectivity index (χ0v) is 19.9. The molecule has 3 aromatic heterocycles. The van der Waals surface area contributed by atoms with Gasteiger partial charge >= 0.3 is 0 Å². The lowest BCUT2D eigenvalue weighted by atomic mass is 10.1. The van der Waals surface area contributed by atoms with Gasteiger partial charge in [0.1, 0.15) is 5.69 Å². The van der Waals surface area contributed by atoms with Gasteiger partial charge in [-0.25, -0.2) is 9.97 Å². The Labute approximate surface area is 217 Å². The molecule has 0 unspecified atom stereocenters. The summed E-state index contributed by atoms with van der Waals surface area (Å²) < 4.78 is 0. The quantitative estimate of drug-likeness (QED) is 0.246. The zero-order chi connectivity index (χ0) is 26.2. The van der Waals surface area contributed by atoms with Gasteiger partial charge in [-0.3, -0.25) is 4.98 Å². The number of azo groups is 2. The van der Waals surface area contributed by atoms with Crippen LogP contribution in [0.4, 0.5) is 23.0 Å². The molecule has 9 nitrogen and oxygen atoms in total. The number of nitrogens with zero attached hydrogens (tertiary/aromatic N) is 7. The van der Waals surface area contributed by atoms with Gasteiger partial charge in [0.05, 0.1) is 11.2 Å². The second-order valence-corrected chi connectivity index (χ2v) is 7.89. The highest BCUT2D eigenvalue weighted by atomic mass is 16.3. The number of hydrogen-bond acceptors (Lipinski definition) is 9. The van der Waals surface area contributed by atoms with Crippen molar-refractivity contribution < 1.29 is 10.2 Å². The second-order valence-electron chi connectivity index (χ2n) is 7.89. The molecule has 0 amide bonds. The molecule has 38 heavy (non-hydrogen) atoms. The first-order valence-electron chi connectivity index (χ1n) is 11.6. The number of benzene rings is 3. The third-order valence-corrected chi connectivity index (χ3v) is 5.39. The summed E-state index contributed by atoms with van der Waals surface area (Å²) in [5.41, 5.74) is 1.43. The summed E-state index contributed by atoms with van der Waals surface area (Å²) in [6.07, 6.45) is 4.90. The van der Waals surface area contributed by atoms with Gasteiger partial charge in [0.2, 0.25) is 0 Å². The molecule has 0 radical (unpaired) electrons. The fourth-order valence-corrected chi connectivity index (χ4v) is 3.56. The van der Waals surface area contributed by atoms with Crippen LogP contribution in [0.1, 0.15) is 0 Å². The Hall–Kier alpha value is -5.57. The Bertz CT molecular complexity index is 1740. The van der Waals surface area contributed by atoms with Gasteiger partial charge in [-0.2, -0.15) is 0 Å². The van der Waals surface area contributed by atoms with E-state index in [1.807, 2.05) is 42.5 Å². The second kappa shape index (κ2) is 11.4. The van der Waals surface area contributed by atoms with Gasteiger partial charge in [-0.1, -0.05) is 66.1 Å². The highest BCUT2D eigenvalue weighted by Crippen LogP contribution is 2.33. The first kappa shape index (κ1) is 24.1. The number of fused-ring (bicyclic) bond motifs is 2. The van der Waals surface area contributed by atoms with Crippen LogP contribution in [-0.2, 0) is 0 Å². The van der Waals surface area contributed by atoms with E-state index in [0.29, 0.717) is 39.3 Å². The van der Waals surface area contributed by atoms with Crippen LogP contribution < -0.4 is 10.2 Å². The molecular weight excluding hydrogens is 478 g/mol. The minimum Gasteiger partial charge on any atom is -0.872 e. The van der Waals surface area contributed by atoms with Crippen LogP contribution in [0.15, 0.2) is 136 Å². The predicted octanol–water partition coefficient (Wildman–Crippen LogP) is 6.84. The molecule has 3 aromatic carbocycles. The maximum atomic E-state index is 12.2. The topological polar surface area (TPSA) is 134 Å². The summed E-state index contributed by atoms with van der Waals surface area (Å²) in [4.78, 5) is 12.3. The minimum absolute atomic E-state index is 0.0695. The van der Waals surface area contributed by atoms with Crippen LogP contribution in [0.3, 0.4) is 0 Å². The lowest BCUT2D eigenvalue weighted by Gasteiger charge is -2.12. The van der Waals surface area contributed by atoms with E-state index in [4.69, 9.17) is 0 Å². The van der Waals surface area contributed by atoms with E-state index in [-0.39, 0.29) is 11.5 Å². The van der Waals surface area contributed by atoms with E-state index in [0.717, 1.165) is 5.39 Å². The fourth-order valence-electron chi connectivity index (χ4n) is 3.56. The number of rotatable bonds is 4. The first-order valence-corrected chi connectivity index (χ1v) is 11.6. The van der Waals surface area contributed by atoms with E-state index in [2.05, 4.69) is 35.4 Å². The minimum atomic E-state index is -0.113. The van der Waals surface area contributed by atoms with Crippen molar-refractivity contribution in [3.8, 4) is 11.5 Å². The summed E-state index contributed by atoms with van der Waals surface area (Å²) in [5, 5.41) is 42.0. The molecule has 184 valence electrons. The summed E-state index contributed by atoms with van der Waals surface area (Å²) in [6, 6.07) is 28.2. The van der Waals surface area contributed by atoms with Gasteiger partial charge < -0.3 is 10.2 Å². The SMILES string of the molecule is [O-]c1c(N=Nc2ccccn2)ccc2ccccc12.[O-]c1ccc(N=Nc2ccccn2)c2ncccc12. The smallest absolute Gasteiger partial charge is 0.174 e. The molecule has 0 saturated heterocycles. The third kappa shape index (κ3) is 5.63. The zero-order valence-electron chi connectivity index (χ0n) is 19.9. The Morgan fingerprint density at radius 1 is 0.474 bits per heavy atom. The van der Waals surface area contributed by atoms with Crippen LogP contribution in [0.5, 0.6) is 11.5 Å². The average Bonchev–Trinajstić information content (AvgIpc) is 2.98. The molecule has 0 spiro atoms. The molecule has 0 fully saturated rings. The molecule has 6 aromatic rings. The van der Waals surface area contributed by atoms with Crippen molar-refractivity contribution in [3.63, 3.8) is 0 Å². The van der Waals surface area contributed by atoms with Crippen molar-refractivity contribution in [3.05, 3.63) is 116 Å². The summed E-state index contributed by atoms with van der Waals surface area (Å²) in [6.45, 7) is 0. The van der Waals surface area contributed by atoms with Crippen LogP contribution in [0.2, 0.25) is 0 Å². The molecule has 0 N–H and O–H groups in total. The Kier molecular flexibility index (Phi) is 7.27. The van der Waals surface area contributed by atoms with Gasteiger partial charge in [-0.05, 0) is 58.6 Å². The molecule has 0 bridgehead atoms. The summed E-state index contributed by atoms with van der Waals surface area (Å²) in [5.74, 6) is 0.811. The van der Waals surface area contributed by atoms with Crippen molar-refractivity contribution in [2.75, 3.05) is 0 Å². The highest BCUT2D eigenvalue weighted by Gasteiger charge is 2.02. The number of hydrogen-bond donors (Lipinski definition) is 0. The molecule has 0 aliphatic heterocycles. The Morgan fingerprint density at radius 3 is 1.79 bits per heavy atom. The Morgan fingerprint density at radius 2 is 1.08 bits per heavy atom. The van der Waals surface area contributed by atoms with Crippen LogP contribution >= 0.6 is 0 Å². The first-order chi connectivity index (χ1) is 18.7. The number of pyridine rings is 3. The van der Waals surface area contributed by atoms with Crippen LogP contribution in [0, 0.1) is 0 Å². The molecule has 6 rings (SSSR count). The normalized spacial score (nSPS) is 11.2. The molecule has 0 saturated carbocycles. The van der Waals surface area contributed by atoms with E-state index >= 15 is 0 Å². The van der Waals surface area contributed by atoms with Crippen molar-refractivity contribution in [1.29, 1.82) is 0 Å². The lowest BCUT2D eigenvalue weighted by molar-refractivity contribution is -0.266. The van der Waals surface area contributed by atoms with Gasteiger partial charge in [0.25, 0.3) is 0 Å². The monoisotopic (exact) mass is 497 g/mol. The third-order valence-electron chi connectivity index (χ3n) is 5.39. The van der Waals surface area contributed by atoms with E-state index in [1.165, 1.54) is 6.07 Å². The van der Waals surface area contributed by atoms with Crippen molar-refractivity contribution in [2.45, 2.75) is 0 Å². The number of aromatic nitrogens is 3. The van der Waals surface area contributed by atoms with Gasteiger partial charge in [0, 0.05) is 18.6 Å². The highest BCUT2D eigenvalue weighted by molar-refractivity contribution is 5.93. The molecule has 0 atom stereocenters. The van der Waals surface area contributed by atoms with E-state index in [1.54, 1.807) is 67.1 Å². The summed E-state index contributed by atoms with van der Waals surface area (Å²) in [7, 11) is 0. The van der Waals surface area contributed by atoms with Crippen LogP contribution in [0.25, 0.3) is 21.7 Å². The molecule has 0 aliphatic rings. The average molecular weight is 498 g/mol. The molecule has 3 heterocycles. The van der Waals surface area contributed by atoms with Crippen LogP contribution in [-0.4, -0.2) is 15.0 Å². The lowest BCUT2D eigenvalue weighted by Crippen LogP contribution is -1.91. The maximum Gasteiger partial charge on any atom is 0.174 e. The molecular formula is C29H19N7O2-2. The van der Waals surface area contributed by atoms with Crippen molar-refractivity contribution in [1.82, 2.24) is 15.0 Å². The predicted molar refractivity (Wildman–Crippen MR) is 141 cm³/mol. The Balaban J connectivity index is 0.000000155. The molecule has 9 heteroatoms. The molecule has 0 aliphatic carbocycles. The van der Waals surface area contributed by atoms with Gasteiger partial charge in [-0.15, -0.1) is 20.5 Å².